The summed E-state index contributed by atoms with van der Waals surface area (Å²) in [5, 5.41) is 5.23. The van der Waals surface area contributed by atoms with Crippen molar-refractivity contribution in [3.05, 3.63) is 96.6 Å². The maximum absolute atomic E-state index is 14.7. The molecule has 4 aromatic rings. The molecule has 4 aromatic heterocycles. The molecule has 0 aliphatic carbocycles. The molecule has 1 N–H and O–H groups in total. The molecule has 0 aromatic carbocycles. The van der Waals surface area contributed by atoms with Gasteiger partial charge in [-0.25, -0.2) is 14.4 Å². The molecule has 6 nitrogen and oxygen atoms in total. The number of allylic oxidation sites excluding steroid dienone is 2. The maximum Gasteiger partial charge on any atom is 0.149 e. The molecular weight excluding hydrogens is 415 g/mol. The van der Waals surface area contributed by atoms with Gasteiger partial charge in [-0.2, -0.15) is 0 Å². The highest BCUT2D eigenvalue weighted by Crippen LogP contribution is 2.27. The van der Waals surface area contributed by atoms with E-state index >= 15 is 0 Å². The van der Waals surface area contributed by atoms with E-state index in [1.165, 1.54) is 6.07 Å². The van der Waals surface area contributed by atoms with Crippen LogP contribution in [0.15, 0.2) is 79.5 Å². The highest BCUT2D eigenvalue weighted by Gasteiger charge is 2.14. The number of anilines is 2. The summed E-state index contributed by atoms with van der Waals surface area (Å²) >= 11 is 0. The predicted molar refractivity (Wildman–Crippen MR) is 129 cm³/mol. The number of nitrogens with zero attached hydrogens (tertiary/aromatic N) is 5. The van der Waals surface area contributed by atoms with E-state index < -0.39 is 0 Å². The molecule has 0 spiro atoms. The van der Waals surface area contributed by atoms with Gasteiger partial charge in [-0.15, -0.1) is 0 Å². The Labute approximate surface area is 191 Å². The van der Waals surface area contributed by atoms with Crippen LogP contribution in [0.1, 0.15) is 18.2 Å². The Balaban J connectivity index is 1.36. The maximum atomic E-state index is 14.7. The molecule has 0 saturated heterocycles. The summed E-state index contributed by atoms with van der Waals surface area (Å²) in [6.07, 6.45) is 15.1. The molecular formula is C26H23FN6. The standard InChI is InChI=1S/C26H23FN6/c1-17-11-21(7-8-28-17)25-23(27)12-19(14-31-25)15-32-26-22-16-30-24(13-20(22)6-9-29-26)33-10-4-3-5-18(33)2/h3-14,16,18H,15H2,1-2H3,(H,29,32). The fourth-order valence-corrected chi connectivity index (χ4v) is 3.88. The fraction of sp³-hybridized carbons (Fsp3) is 0.154. The summed E-state index contributed by atoms with van der Waals surface area (Å²) in [6, 6.07) is 9.34. The zero-order chi connectivity index (χ0) is 22.8. The van der Waals surface area contributed by atoms with Crippen molar-refractivity contribution in [3.63, 3.8) is 0 Å². The molecule has 0 amide bonds. The minimum atomic E-state index is -0.366. The van der Waals surface area contributed by atoms with Gasteiger partial charge in [0.05, 0.1) is 6.04 Å². The van der Waals surface area contributed by atoms with Crippen molar-refractivity contribution in [2.45, 2.75) is 26.4 Å². The van der Waals surface area contributed by atoms with Crippen molar-refractivity contribution in [1.82, 2.24) is 19.9 Å². The second kappa shape index (κ2) is 8.78. The van der Waals surface area contributed by atoms with Gasteiger partial charge in [0.2, 0.25) is 0 Å². The molecule has 0 bridgehead atoms. The van der Waals surface area contributed by atoms with Gasteiger partial charge < -0.3 is 10.2 Å². The lowest BCUT2D eigenvalue weighted by atomic mass is 10.1. The van der Waals surface area contributed by atoms with Crippen LogP contribution in [0, 0.1) is 12.7 Å². The summed E-state index contributed by atoms with van der Waals surface area (Å²) in [7, 11) is 0. The van der Waals surface area contributed by atoms with Crippen LogP contribution in [-0.2, 0) is 6.54 Å². The first-order chi connectivity index (χ1) is 16.1. The number of aryl methyl sites for hydroxylation is 1. The molecule has 1 aliphatic heterocycles. The Morgan fingerprint density at radius 1 is 1.00 bits per heavy atom. The van der Waals surface area contributed by atoms with Gasteiger partial charge in [0, 0.05) is 54.2 Å². The lowest BCUT2D eigenvalue weighted by Gasteiger charge is -2.26. The average molecular weight is 439 g/mol. The second-order valence-corrected chi connectivity index (χ2v) is 8.01. The molecule has 0 fully saturated rings. The molecule has 1 aliphatic rings. The van der Waals surface area contributed by atoms with Crippen molar-refractivity contribution < 1.29 is 4.39 Å². The number of pyridine rings is 4. The van der Waals surface area contributed by atoms with Crippen LogP contribution >= 0.6 is 0 Å². The number of hydrogen-bond acceptors (Lipinski definition) is 6. The third-order valence-corrected chi connectivity index (χ3v) is 5.61. The topological polar surface area (TPSA) is 66.8 Å². The predicted octanol–water partition coefficient (Wildman–Crippen LogP) is 5.42. The zero-order valence-electron chi connectivity index (χ0n) is 18.4. The monoisotopic (exact) mass is 438 g/mol. The van der Waals surface area contributed by atoms with E-state index in [0.717, 1.165) is 27.8 Å². The molecule has 1 unspecified atom stereocenters. The lowest BCUT2D eigenvalue weighted by molar-refractivity contribution is 0.623. The molecule has 0 radical (unpaired) electrons. The fourth-order valence-electron chi connectivity index (χ4n) is 3.88. The molecule has 7 heteroatoms. The van der Waals surface area contributed by atoms with Gasteiger partial charge in [0.15, 0.2) is 0 Å². The highest BCUT2D eigenvalue weighted by atomic mass is 19.1. The van der Waals surface area contributed by atoms with E-state index in [1.807, 2.05) is 43.6 Å². The molecule has 1 atom stereocenters. The first kappa shape index (κ1) is 20.8. The Morgan fingerprint density at radius 2 is 1.88 bits per heavy atom. The van der Waals surface area contributed by atoms with Gasteiger partial charge in [-0.05, 0) is 61.2 Å². The van der Waals surface area contributed by atoms with Crippen molar-refractivity contribution in [1.29, 1.82) is 0 Å². The number of hydrogen-bond donors (Lipinski definition) is 1. The Morgan fingerprint density at radius 3 is 2.70 bits per heavy atom. The van der Waals surface area contributed by atoms with Crippen LogP contribution in [0.25, 0.3) is 22.0 Å². The first-order valence-electron chi connectivity index (χ1n) is 10.8. The Kier molecular flexibility index (Phi) is 5.52. The first-order valence-corrected chi connectivity index (χ1v) is 10.8. The van der Waals surface area contributed by atoms with E-state index in [0.29, 0.717) is 23.6 Å². The summed E-state index contributed by atoms with van der Waals surface area (Å²) in [4.78, 5) is 19.7. The number of aromatic nitrogens is 4. The van der Waals surface area contributed by atoms with Crippen molar-refractivity contribution in [2.24, 2.45) is 0 Å². The third-order valence-electron chi connectivity index (χ3n) is 5.61. The quantitative estimate of drug-likeness (QED) is 0.449. The van der Waals surface area contributed by atoms with Gasteiger partial charge in [-0.3, -0.25) is 9.97 Å². The van der Waals surface area contributed by atoms with E-state index in [9.17, 15) is 4.39 Å². The van der Waals surface area contributed by atoms with Crippen LogP contribution in [0.3, 0.4) is 0 Å². The van der Waals surface area contributed by atoms with Crippen LogP contribution < -0.4 is 10.2 Å². The van der Waals surface area contributed by atoms with Gasteiger partial charge in [0.1, 0.15) is 23.1 Å². The summed E-state index contributed by atoms with van der Waals surface area (Å²) < 4.78 is 14.7. The summed E-state index contributed by atoms with van der Waals surface area (Å²) in [6.45, 7) is 4.39. The van der Waals surface area contributed by atoms with Gasteiger partial charge in [0.25, 0.3) is 0 Å². The van der Waals surface area contributed by atoms with Crippen LogP contribution in [0.5, 0.6) is 0 Å². The van der Waals surface area contributed by atoms with Crippen molar-refractivity contribution in [3.8, 4) is 11.3 Å². The van der Waals surface area contributed by atoms with Crippen LogP contribution in [-0.4, -0.2) is 26.0 Å². The third kappa shape index (κ3) is 4.30. The van der Waals surface area contributed by atoms with Crippen LogP contribution in [0.4, 0.5) is 16.0 Å². The largest absolute Gasteiger partial charge is 0.365 e. The Hall–Kier alpha value is -4.13. The molecule has 164 valence electrons. The molecule has 5 rings (SSSR count). The lowest BCUT2D eigenvalue weighted by Crippen LogP contribution is -2.28. The van der Waals surface area contributed by atoms with E-state index in [-0.39, 0.29) is 11.9 Å². The minimum absolute atomic E-state index is 0.237. The van der Waals surface area contributed by atoms with E-state index in [2.05, 4.69) is 49.2 Å². The Bertz CT molecular complexity index is 1380. The summed E-state index contributed by atoms with van der Waals surface area (Å²) in [5.74, 6) is 1.21. The smallest absolute Gasteiger partial charge is 0.149 e. The minimum Gasteiger partial charge on any atom is -0.365 e. The number of nitrogens with one attached hydrogen (secondary N) is 1. The normalized spacial score (nSPS) is 15.2. The molecule has 33 heavy (non-hydrogen) atoms. The SMILES string of the molecule is Cc1cc(-c2ncc(CNc3nccc4cc(N5C=CC=CC5C)ncc34)cc2F)ccn1. The van der Waals surface area contributed by atoms with Gasteiger partial charge in [-0.1, -0.05) is 12.2 Å². The van der Waals surface area contributed by atoms with E-state index in [1.54, 1.807) is 24.7 Å². The van der Waals surface area contributed by atoms with Gasteiger partial charge >= 0.3 is 0 Å². The zero-order valence-corrected chi connectivity index (χ0v) is 18.4. The number of halogens is 1. The number of rotatable bonds is 5. The highest BCUT2D eigenvalue weighted by molar-refractivity contribution is 5.92. The van der Waals surface area contributed by atoms with Crippen LogP contribution in [0.2, 0.25) is 0 Å². The summed E-state index contributed by atoms with van der Waals surface area (Å²) in [5.41, 5.74) is 2.58. The average Bonchev–Trinajstić information content (AvgIpc) is 2.82. The second-order valence-electron chi connectivity index (χ2n) is 8.01. The number of fused-ring (bicyclic) bond motifs is 1. The molecule has 5 heterocycles. The van der Waals surface area contributed by atoms with Crippen molar-refractivity contribution >= 4 is 22.4 Å². The molecule has 0 saturated carbocycles. The van der Waals surface area contributed by atoms with E-state index in [4.69, 9.17) is 0 Å². The van der Waals surface area contributed by atoms with Crippen molar-refractivity contribution in [2.75, 3.05) is 10.2 Å².